The molecule has 0 N–H and O–H groups in total. The van der Waals surface area contributed by atoms with E-state index in [0.717, 1.165) is 4.57 Å². The lowest BCUT2D eigenvalue weighted by Gasteiger charge is -2.06. The molecule has 0 bridgehead atoms. The quantitative estimate of drug-likeness (QED) is 0.519. The Balaban J connectivity index is 3.02. The maximum absolute atomic E-state index is 11.8. The van der Waals surface area contributed by atoms with Gasteiger partial charge in [-0.25, -0.2) is 4.79 Å². The van der Waals surface area contributed by atoms with Gasteiger partial charge in [0, 0.05) is 26.2 Å². The van der Waals surface area contributed by atoms with Crippen molar-refractivity contribution in [2.24, 2.45) is 14.1 Å². The molecule has 0 fully saturated rings. The molecule has 0 unspecified atom stereocenters. The number of nitro benzene ring substituents is 1. The lowest BCUT2D eigenvalue weighted by molar-refractivity contribution is -0.384. The molecule has 0 atom stereocenters. The number of rotatable bonds is 1. The molecule has 1 heterocycles. The highest BCUT2D eigenvalue weighted by Crippen LogP contribution is 2.16. The standard InChI is InChI=1S/C10H9N3O4/c1-11-8-4-3-6(13(16)17)5-7(8)9(14)12(2)10(11)15/h3-5H,1-2H3. The third kappa shape index (κ3) is 1.52. The van der Waals surface area contributed by atoms with Gasteiger partial charge in [-0.3, -0.25) is 24.0 Å². The number of aryl methyl sites for hydroxylation is 1. The van der Waals surface area contributed by atoms with Gasteiger partial charge in [-0.2, -0.15) is 0 Å². The van der Waals surface area contributed by atoms with E-state index >= 15 is 0 Å². The highest BCUT2D eigenvalue weighted by molar-refractivity contribution is 5.80. The fraction of sp³-hybridized carbons (Fsp3) is 0.200. The molecule has 0 spiro atoms. The number of non-ortho nitro benzene ring substituents is 1. The number of nitro groups is 1. The Hall–Kier alpha value is -2.44. The van der Waals surface area contributed by atoms with Crippen molar-refractivity contribution in [2.45, 2.75) is 0 Å². The Labute approximate surface area is 94.7 Å². The molecular weight excluding hydrogens is 226 g/mol. The van der Waals surface area contributed by atoms with Crippen LogP contribution in [0.15, 0.2) is 27.8 Å². The number of nitrogens with zero attached hydrogens (tertiary/aromatic N) is 3. The Bertz CT molecular complexity index is 742. The van der Waals surface area contributed by atoms with Gasteiger partial charge < -0.3 is 0 Å². The van der Waals surface area contributed by atoms with E-state index in [0.29, 0.717) is 5.52 Å². The first-order valence-electron chi connectivity index (χ1n) is 4.77. The molecule has 1 aromatic heterocycles. The molecule has 0 aliphatic rings. The average molecular weight is 235 g/mol. The highest BCUT2D eigenvalue weighted by atomic mass is 16.6. The zero-order chi connectivity index (χ0) is 12.7. The molecule has 7 heteroatoms. The van der Waals surface area contributed by atoms with E-state index in [4.69, 9.17) is 0 Å². The van der Waals surface area contributed by atoms with Crippen molar-refractivity contribution in [3.63, 3.8) is 0 Å². The first kappa shape index (κ1) is 11.1. The predicted octanol–water partition coefficient (Wildman–Crippen LogP) is 0.145. The summed E-state index contributed by atoms with van der Waals surface area (Å²) >= 11 is 0. The number of hydrogen-bond donors (Lipinski definition) is 0. The van der Waals surface area contributed by atoms with Crippen LogP contribution in [-0.2, 0) is 14.1 Å². The monoisotopic (exact) mass is 235 g/mol. The number of fused-ring (bicyclic) bond motifs is 1. The van der Waals surface area contributed by atoms with Crippen molar-refractivity contribution in [3.8, 4) is 0 Å². The van der Waals surface area contributed by atoms with Crippen LogP contribution in [0.3, 0.4) is 0 Å². The van der Waals surface area contributed by atoms with Crippen LogP contribution in [-0.4, -0.2) is 14.1 Å². The summed E-state index contributed by atoms with van der Waals surface area (Å²) in [7, 11) is 2.85. The van der Waals surface area contributed by atoms with Gasteiger partial charge in [0.2, 0.25) is 0 Å². The molecule has 88 valence electrons. The van der Waals surface area contributed by atoms with Gasteiger partial charge in [-0.05, 0) is 6.07 Å². The summed E-state index contributed by atoms with van der Waals surface area (Å²) in [5.74, 6) is 0. The average Bonchev–Trinajstić information content (AvgIpc) is 2.32. The van der Waals surface area contributed by atoms with Crippen LogP contribution in [0.2, 0.25) is 0 Å². The maximum Gasteiger partial charge on any atom is 0.330 e. The van der Waals surface area contributed by atoms with Gasteiger partial charge in [0.05, 0.1) is 15.8 Å². The molecule has 17 heavy (non-hydrogen) atoms. The van der Waals surface area contributed by atoms with Gasteiger partial charge in [0.25, 0.3) is 11.2 Å². The van der Waals surface area contributed by atoms with Gasteiger partial charge in [-0.1, -0.05) is 0 Å². The molecule has 0 aliphatic carbocycles. The third-order valence-corrected chi connectivity index (χ3v) is 2.66. The van der Waals surface area contributed by atoms with Gasteiger partial charge >= 0.3 is 5.69 Å². The minimum absolute atomic E-state index is 0.156. The second kappa shape index (κ2) is 3.55. The SMILES string of the molecule is Cn1c(=O)c2cc([N+](=O)[O-])ccc2n(C)c1=O. The maximum atomic E-state index is 11.8. The Morgan fingerprint density at radius 2 is 1.82 bits per heavy atom. The number of aromatic nitrogens is 2. The van der Waals surface area contributed by atoms with Crippen LogP contribution in [0.4, 0.5) is 5.69 Å². The number of hydrogen-bond acceptors (Lipinski definition) is 4. The minimum Gasteiger partial charge on any atom is -0.296 e. The molecular formula is C10H9N3O4. The first-order valence-corrected chi connectivity index (χ1v) is 4.77. The van der Waals surface area contributed by atoms with Crippen LogP contribution >= 0.6 is 0 Å². The molecule has 2 rings (SSSR count). The summed E-state index contributed by atoms with van der Waals surface area (Å²) in [5.41, 5.74) is -0.792. The first-order chi connectivity index (χ1) is 7.93. The summed E-state index contributed by atoms with van der Waals surface area (Å²) in [5, 5.41) is 10.8. The lowest BCUT2D eigenvalue weighted by Crippen LogP contribution is -2.36. The van der Waals surface area contributed by atoms with Gasteiger partial charge in [-0.15, -0.1) is 0 Å². The van der Waals surface area contributed by atoms with E-state index in [2.05, 4.69) is 0 Å². The topological polar surface area (TPSA) is 87.1 Å². The summed E-state index contributed by atoms with van der Waals surface area (Å²) in [6.07, 6.45) is 0. The smallest absolute Gasteiger partial charge is 0.296 e. The zero-order valence-corrected chi connectivity index (χ0v) is 9.21. The van der Waals surface area contributed by atoms with Gasteiger partial charge in [0.1, 0.15) is 0 Å². The summed E-state index contributed by atoms with van der Waals surface area (Å²) in [6.45, 7) is 0. The predicted molar refractivity (Wildman–Crippen MR) is 61.1 cm³/mol. The Kier molecular flexibility index (Phi) is 2.31. The molecule has 0 saturated carbocycles. The van der Waals surface area contributed by atoms with E-state index in [1.54, 1.807) is 0 Å². The lowest BCUT2D eigenvalue weighted by atomic mass is 10.2. The summed E-state index contributed by atoms with van der Waals surface area (Å²) in [6, 6.07) is 3.84. The van der Waals surface area contributed by atoms with Crippen LogP contribution in [0.1, 0.15) is 0 Å². The van der Waals surface area contributed by atoms with Crippen LogP contribution in [0.25, 0.3) is 10.9 Å². The van der Waals surface area contributed by atoms with Crippen LogP contribution < -0.4 is 11.2 Å². The van der Waals surface area contributed by atoms with E-state index in [1.165, 1.54) is 36.9 Å². The van der Waals surface area contributed by atoms with E-state index < -0.39 is 16.2 Å². The largest absolute Gasteiger partial charge is 0.330 e. The van der Waals surface area contributed by atoms with Crippen molar-refractivity contribution in [1.82, 2.24) is 9.13 Å². The van der Waals surface area contributed by atoms with Crippen LogP contribution in [0.5, 0.6) is 0 Å². The number of benzene rings is 1. The molecule has 1 aromatic carbocycles. The van der Waals surface area contributed by atoms with Crippen molar-refractivity contribution >= 4 is 16.6 Å². The van der Waals surface area contributed by atoms with Gasteiger partial charge in [0.15, 0.2) is 0 Å². The molecule has 7 nitrogen and oxygen atoms in total. The molecule has 0 radical (unpaired) electrons. The minimum atomic E-state index is -0.579. The fourth-order valence-corrected chi connectivity index (χ4v) is 1.70. The summed E-state index contributed by atoms with van der Waals surface area (Å²) < 4.78 is 2.20. The zero-order valence-electron chi connectivity index (χ0n) is 9.21. The van der Waals surface area contributed by atoms with Crippen molar-refractivity contribution in [2.75, 3.05) is 0 Å². The van der Waals surface area contributed by atoms with E-state index in [-0.39, 0.29) is 11.1 Å². The molecule has 0 amide bonds. The van der Waals surface area contributed by atoms with Crippen molar-refractivity contribution in [1.29, 1.82) is 0 Å². The summed E-state index contributed by atoms with van der Waals surface area (Å²) in [4.78, 5) is 33.5. The third-order valence-electron chi connectivity index (χ3n) is 2.66. The Morgan fingerprint density at radius 3 is 2.41 bits per heavy atom. The molecule has 2 aromatic rings. The second-order valence-corrected chi connectivity index (χ2v) is 3.66. The van der Waals surface area contributed by atoms with Crippen LogP contribution in [0, 0.1) is 10.1 Å². The molecule has 0 aliphatic heterocycles. The van der Waals surface area contributed by atoms with E-state index in [9.17, 15) is 19.7 Å². The van der Waals surface area contributed by atoms with Crippen molar-refractivity contribution in [3.05, 3.63) is 49.2 Å². The van der Waals surface area contributed by atoms with E-state index in [1.807, 2.05) is 0 Å². The second-order valence-electron chi connectivity index (χ2n) is 3.66. The molecule has 0 saturated heterocycles. The fourth-order valence-electron chi connectivity index (χ4n) is 1.70. The normalized spacial score (nSPS) is 10.7. The Morgan fingerprint density at radius 1 is 1.18 bits per heavy atom. The highest BCUT2D eigenvalue weighted by Gasteiger charge is 2.12. The van der Waals surface area contributed by atoms with Crippen molar-refractivity contribution < 1.29 is 4.92 Å².